The molecule has 0 aliphatic carbocycles. The van der Waals surface area contributed by atoms with Crippen LogP contribution in [0, 0.1) is 13.8 Å². The zero-order valence-electron chi connectivity index (χ0n) is 15.3. The quantitative estimate of drug-likeness (QED) is 0.817. The van der Waals surface area contributed by atoms with Crippen LogP contribution >= 0.6 is 0 Å². The van der Waals surface area contributed by atoms with Gasteiger partial charge in [0.1, 0.15) is 23.7 Å². The molecule has 4 rings (SSSR count). The summed E-state index contributed by atoms with van der Waals surface area (Å²) in [6.45, 7) is 8.18. The van der Waals surface area contributed by atoms with Crippen LogP contribution in [0.1, 0.15) is 33.1 Å². The Bertz CT molecular complexity index is 811. The van der Waals surface area contributed by atoms with Gasteiger partial charge < -0.3 is 19.0 Å². The van der Waals surface area contributed by atoms with E-state index in [1.54, 1.807) is 6.33 Å². The molecule has 138 valence electrons. The Kier molecular flexibility index (Phi) is 4.63. The van der Waals surface area contributed by atoms with Gasteiger partial charge in [-0.1, -0.05) is 0 Å². The van der Waals surface area contributed by atoms with Crippen LogP contribution in [0.3, 0.4) is 0 Å². The van der Waals surface area contributed by atoms with Gasteiger partial charge in [-0.25, -0.2) is 9.97 Å². The third-order valence-corrected chi connectivity index (χ3v) is 5.13. The number of carbonyl (C=O) groups excluding carboxylic acids is 1. The zero-order chi connectivity index (χ0) is 18.1. The van der Waals surface area contributed by atoms with Gasteiger partial charge in [0.25, 0.3) is 5.91 Å². The minimum Gasteiger partial charge on any atom is -0.466 e. The number of morpholine rings is 1. The lowest BCUT2D eigenvalue weighted by Crippen LogP contribution is -2.37. The number of fused-ring (bicyclic) bond motifs is 1. The Hall–Kier alpha value is -2.41. The van der Waals surface area contributed by atoms with Gasteiger partial charge in [0, 0.05) is 38.2 Å². The Morgan fingerprint density at radius 1 is 1.08 bits per heavy atom. The smallest absolute Gasteiger partial charge is 0.257 e. The maximum absolute atomic E-state index is 12.9. The molecule has 2 aromatic heterocycles. The predicted molar refractivity (Wildman–Crippen MR) is 96.6 cm³/mol. The second-order valence-electron chi connectivity index (χ2n) is 6.84. The van der Waals surface area contributed by atoms with Gasteiger partial charge in [0.2, 0.25) is 0 Å². The van der Waals surface area contributed by atoms with Crippen molar-refractivity contribution in [3.8, 4) is 0 Å². The SMILES string of the molecule is Cc1cc(C(=O)N2CCc3ncnc(N4CCOCC4)c3CC2)c(C)o1. The lowest BCUT2D eigenvalue weighted by molar-refractivity contribution is 0.0761. The largest absolute Gasteiger partial charge is 0.466 e. The summed E-state index contributed by atoms with van der Waals surface area (Å²) in [6.07, 6.45) is 3.16. The van der Waals surface area contributed by atoms with Crippen molar-refractivity contribution in [1.29, 1.82) is 0 Å². The first-order valence-corrected chi connectivity index (χ1v) is 9.15. The molecule has 7 nitrogen and oxygen atoms in total. The molecule has 7 heteroatoms. The van der Waals surface area contributed by atoms with Crippen molar-refractivity contribution in [3.63, 3.8) is 0 Å². The van der Waals surface area contributed by atoms with Gasteiger partial charge in [0.15, 0.2) is 0 Å². The topological polar surface area (TPSA) is 71.7 Å². The van der Waals surface area contributed by atoms with Gasteiger partial charge in [-0.05, 0) is 26.3 Å². The van der Waals surface area contributed by atoms with Gasteiger partial charge in [-0.3, -0.25) is 4.79 Å². The summed E-state index contributed by atoms with van der Waals surface area (Å²) in [7, 11) is 0. The number of hydrogen-bond acceptors (Lipinski definition) is 6. The fraction of sp³-hybridized carbons (Fsp3) is 0.526. The number of hydrogen-bond donors (Lipinski definition) is 0. The summed E-state index contributed by atoms with van der Waals surface area (Å²) in [4.78, 5) is 26.1. The summed E-state index contributed by atoms with van der Waals surface area (Å²) in [6, 6.07) is 1.83. The van der Waals surface area contributed by atoms with Crippen molar-refractivity contribution in [1.82, 2.24) is 14.9 Å². The molecular weight excluding hydrogens is 332 g/mol. The van der Waals surface area contributed by atoms with Crippen LogP contribution in [-0.2, 0) is 17.6 Å². The molecule has 1 amide bonds. The van der Waals surface area contributed by atoms with Crippen molar-refractivity contribution in [2.45, 2.75) is 26.7 Å². The van der Waals surface area contributed by atoms with Crippen molar-refractivity contribution in [2.75, 3.05) is 44.3 Å². The van der Waals surface area contributed by atoms with Crippen LogP contribution in [0.2, 0.25) is 0 Å². The molecule has 1 saturated heterocycles. The van der Waals surface area contributed by atoms with E-state index >= 15 is 0 Å². The minimum absolute atomic E-state index is 0.0352. The average Bonchev–Trinajstić information content (AvgIpc) is 2.87. The maximum atomic E-state index is 12.9. The first-order valence-electron chi connectivity index (χ1n) is 9.15. The third-order valence-electron chi connectivity index (χ3n) is 5.13. The van der Waals surface area contributed by atoms with Crippen LogP contribution in [0.4, 0.5) is 5.82 Å². The summed E-state index contributed by atoms with van der Waals surface area (Å²) in [5.41, 5.74) is 2.88. The van der Waals surface area contributed by atoms with Crippen LogP contribution in [-0.4, -0.2) is 60.2 Å². The highest BCUT2D eigenvalue weighted by atomic mass is 16.5. The highest BCUT2D eigenvalue weighted by Gasteiger charge is 2.26. The van der Waals surface area contributed by atoms with Crippen molar-refractivity contribution in [3.05, 3.63) is 40.7 Å². The normalized spacial score (nSPS) is 17.8. The van der Waals surface area contributed by atoms with E-state index in [0.29, 0.717) is 24.4 Å². The van der Waals surface area contributed by atoms with E-state index in [1.807, 2.05) is 24.8 Å². The van der Waals surface area contributed by atoms with Gasteiger partial charge >= 0.3 is 0 Å². The van der Waals surface area contributed by atoms with E-state index in [4.69, 9.17) is 9.15 Å². The van der Waals surface area contributed by atoms with Crippen LogP contribution in [0.5, 0.6) is 0 Å². The van der Waals surface area contributed by atoms with Crippen molar-refractivity contribution < 1.29 is 13.9 Å². The molecule has 0 saturated carbocycles. The number of furan rings is 1. The van der Waals surface area contributed by atoms with E-state index in [0.717, 1.165) is 56.4 Å². The van der Waals surface area contributed by atoms with E-state index in [2.05, 4.69) is 14.9 Å². The van der Waals surface area contributed by atoms with E-state index in [-0.39, 0.29) is 5.91 Å². The Morgan fingerprint density at radius 2 is 1.85 bits per heavy atom. The first kappa shape index (κ1) is 17.0. The highest BCUT2D eigenvalue weighted by Crippen LogP contribution is 2.25. The summed E-state index contributed by atoms with van der Waals surface area (Å²) in [5, 5.41) is 0. The summed E-state index contributed by atoms with van der Waals surface area (Å²) in [5.74, 6) is 2.49. The molecule has 0 spiro atoms. The van der Waals surface area contributed by atoms with Gasteiger partial charge in [0.05, 0.1) is 24.5 Å². The molecule has 4 heterocycles. The summed E-state index contributed by atoms with van der Waals surface area (Å²) < 4.78 is 11.0. The van der Waals surface area contributed by atoms with Crippen molar-refractivity contribution >= 4 is 11.7 Å². The Morgan fingerprint density at radius 3 is 2.58 bits per heavy atom. The van der Waals surface area contributed by atoms with Crippen LogP contribution in [0.15, 0.2) is 16.8 Å². The molecule has 2 aromatic rings. The van der Waals surface area contributed by atoms with Crippen molar-refractivity contribution in [2.24, 2.45) is 0 Å². The Labute approximate surface area is 153 Å². The number of rotatable bonds is 2. The molecule has 0 aromatic carbocycles. The third kappa shape index (κ3) is 3.19. The second-order valence-corrected chi connectivity index (χ2v) is 6.84. The summed E-state index contributed by atoms with van der Waals surface area (Å²) >= 11 is 0. The number of carbonyl (C=O) groups is 1. The average molecular weight is 356 g/mol. The standard InChI is InChI=1S/C19H24N4O3/c1-13-11-16(14(2)26-13)19(24)23-5-3-15-17(4-6-23)20-12-21-18(15)22-7-9-25-10-8-22/h11-12H,3-10H2,1-2H3. The van der Waals surface area contributed by atoms with E-state index in [1.165, 1.54) is 5.56 Å². The second kappa shape index (κ2) is 7.07. The molecule has 1 fully saturated rings. The number of nitrogens with zero attached hydrogens (tertiary/aromatic N) is 4. The fourth-order valence-electron chi connectivity index (χ4n) is 3.77. The molecule has 26 heavy (non-hydrogen) atoms. The molecule has 0 unspecified atom stereocenters. The lowest BCUT2D eigenvalue weighted by atomic mass is 10.1. The van der Waals surface area contributed by atoms with Gasteiger partial charge in [-0.15, -0.1) is 0 Å². The first-order chi connectivity index (χ1) is 12.6. The lowest BCUT2D eigenvalue weighted by Gasteiger charge is -2.29. The number of anilines is 1. The fourth-order valence-corrected chi connectivity index (χ4v) is 3.77. The monoisotopic (exact) mass is 356 g/mol. The molecule has 0 radical (unpaired) electrons. The van der Waals surface area contributed by atoms with E-state index in [9.17, 15) is 4.79 Å². The molecule has 0 atom stereocenters. The zero-order valence-corrected chi connectivity index (χ0v) is 15.3. The molecule has 0 N–H and O–H groups in total. The number of amides is 1. The van der Waals surface area contributed by atoms with E-state index < -0.39 is 0 Å². The number of aromatic nitrogens is 2. The maximum Gasteiger partial charge on any atom is 0.257 e. The van der Waals surface area contributed by atoms with Crippen LogP contribution < -0.4 is 4.90 Å². The molecule has 2 aliphatic heterocycles. The number of aryl methyl sites for hydroxylation is 2. The molecule has 2 aliphatic rings. The molecular formula is C19H24N4O3. The number of ether oxygens (including phenoxy) is 1. The van der Waals surface area contributed by atoms with Crippen LogP contribution in [0.25, 0.3) is 0 Å². The molecule has 0 bridgehead atoms. The Balaban J connectivity index is 1.55. The van der Waals surface area contributed by atoms with Gasteiger partial charge in [-0.2, -0.15) is 0 Å². The highest BCUT2D eigenvalue weighted by molar-refractivity contribution is 5.95. The minimum atomic E-state index is 0.0352. The predicted octanol–water partition coefficient (Wildman–Crippen LogP) is 1.76.